The summed E-state index contributed by atoms with van der Waals surface area (Å²) in [7, 11) is 0. The van der Waals surface area contributed by atoms with Crippen LogP contribution in [0, 0.1) is 6.92 Å². The highest BCUT2D eigenvalue weighted by Gasteiger charge is 2.25. The number of fused-ring (bicyclic) bond motifs is 1. The molecule has 5 nitrogen and oxygen atoms in total. The Balaban J connectivity index is 1.93. The van der Waals surface area contributed by atoms with Crippen molar-refractivity contribution in [1.82, 2.24) is 0 Å². The number of hydrogen-bond acceptors (Lipinski definition) is 4. The van der Waals surface area contributed by atoms with Crippen LogP contribution in [0.2, 0.25) is 0 Å². The molecule has 0 bridgehead atoms. The Bertz CT molecular complexity index is 700. The Labute approximate surface area is 125 Å². The van der Waals surface area contributed by atoms with E-state index in [4.69, 9.17) is 9.52 Å². The van der Waals surface area contributed by atoms with E-state index in [0.717, 1.165) is 24.1 Å². The van der Waals surface area contributed by atoms with Gasteiger partial charge in [0.15, 0.2) is 0 Å². The second-order valence-electron chi connectivity index (χ2n) is 5.06. The van der Waals surface area contributed by atoms with Gasteiger partial charge in [0.2, 0.25) is 11.7 Å². The average Bonchev–Trinajstić information content (AvgIpc) is 3.00. The number of hydrogen-bond donors (Lipinski definition) is 1. The molecule has 110 valence electrons. The molecule has 6 heteroatoms. The van der Waals surface area contributed by atoms with Gasteiger partial charge in [0.25, 0.3) is 0 Å². The van der Waals surface area contributed by atoms with Crippen LogP contribution >= 0.6 is 11.3 Å². The number of furan rings is 1. The molecule has 2 aromatic heterocycles. The number of thiophene rings is 1. The highest BCUT2D eigenvalue weighted by Crippen LogP contribution is 2.33. The van der Waals surface area contributed by atoms with E-state index in [1.54, 1.807) is 23.2 Å². The van der Waals surface area contributed by atoms with Crippen molar-refractivity contribution in [3.8, 4) is 0 Å². The minimum atomic E-state index is -1.09. The minimum absolute atomic E-state index is 0.0737. The van der Waals surface area contributed by atoms with Crippen LogP contribution in [0.1, 0.15) is 39.6 Å². The molecule has 3 heterocycles. The van der Waals surface area contributed by atoms with E-state index in [2.05, 4.69) is 0 Å². The molecule has 1 N–H and O–H groups in total. The third-order valence-corrected chi connectivity index (χ3v) is 4.64. The van der Waals surface area contributed by atoms with Crippen molar-refractivity contribution in [3.05, 3.63) is 39.5 Å². The quantitative estimate of drug-likeness (QED) is 0.945. The lowest BCUT2D eigenvalue weighted by atomic mass is 10.2. The molecule has 1 amide bonds. The summed E-state index contributed by atoms with van der Waals surface area (Å²) >= 11 is 1.66. The Morgan fingerprint density at radius 2 is 2.29 bits per heavy atom. The largest absolute Gasteiger partial charge is 0.475 e. The monoisotopic (exact) mass is 305 g/mol. The van der Waals surface area contributed by atoms with Crippen molar-refractivity contribution in [2.75, 3.05) is 4.90 Å². The maximum atomic E-state index is 12.3. The topological polar surface area (TPSA) is 70.8 Å². The van der Waals surface area contributed by atoms with Crippen LogP contribution in [0.5, 0.6) is 0 Å². The van der Waals surface area contributed by atoms with E-state index >= 15 is 0 Å². The lowest BCUT2D eigenvalue weighted by Crippen LogP contribution is -2.29. The molecule has 2 aromatic rings. The number of aromatic carboxylic acids is 1. The number of nitrogens with zero attached hydrogens (tertiary/aromatic N) is 1. The zero-order valence-electron chi connectivity index (χ0n) is 11.6. The van der Waals surface area contributed by atoms with Gasteiger partial charge in [0.05, 0.1) is 12.2 Å². The number of carbonyl (C=O) groups is 2. The molecule has 21 heavy (non-hydrogen) atoms. The average molecular weight is 305 g/mol. The predicted molar refractivity (Wildman–Crippen MR) is 78.9 cm³/mol. The van der Waals surface area contributed by atoms with Crippen LogP contribution in [-0.4, -0.2) is 17.0 Å². The molecular weight excluding hydrogens is 290 g/mol. The standard InChI is InChI=1S/C15H15NO4S/c1-9-10(7-12(20-9)15(18)19)8-16-11-5-6-21-13(11)3-2-4-14(16)17/h5-7H,2-4,8H2,1H3,(H,18,19). The number of carboxylic acids is 1. The van der Waals surface area contributed by atoms with E-state index in [9.17, 15) is 9.59 Å². The number of carboxylic acid groups (broad SMARTS) is 1. The lowest BCUT2D eigenvalue weighted by molar-refractivity contribution is -0.118. The van der Waals surface area contributed by atoms with Crippen LogP contribution in [-0.2, 0) is 17.8 Å². The summed E-state index contributed by atoms with van der Waals surface area (Å²) in [5, 5.41) is 11.0. The Kier molecular flexibility index (Phi) is 3.55. The second kappa shape index (κ2) is 5.37. The molecule has 3 rings (SSSR count). The predicted octanol–water partition coefficient (Wildman–Crippen LogP) is 3.22. The highest BCUT2D eigenvalue weighted by molar-refractivity contribution is 7.10. The summed E-state index contributed by atoms with van der Waals surface area (Å²) in [6.07, 6.45) is 2.29. The summed E-state index contributed by atoms with van der Waals surface area (Å²) in [5.74, 6) is -0.566. The molecule has 0 atom stereocenters. The summed E-state index contributed by atoms with van der Waals surface area (Å²) in [5.41, 5.74) is 1.68. The molecule has 0 fully saturated rings. The van der Waals surface area contributed by atoms with E-state index < -0.39 is 5.97 Å². The molecule has 0 aliphatic carbocycles. The Morgan fingerprint density at radius 3 is 3.00 bits per heavy atom. The van der Waals surface area contributed by atoms with Gasteiger partial charge in [-0.1, -0.05) is 0 Å². The van der Waals surface area contributed by atoms with Gasteiger partial charge in [-0.2, -0.15) is 0 Å². The van der Waals surface area contributed by atoms with Gasteiger partial charge < -0.3 is 14.4 Å². The number of anilines is 1. The van der Waals surface area contributed by atoms with Gasteiger partial charge in [-0.05, 0) is 37.3 Å². The summed E-state index contributed by atoms with van der Waals surface area (Å²) in [4.78, 5) is 26.2. The third-order valence-electron chi connectivity index (χ3n) is 3.67. The molecule has 0 spiro atoms. The van der Waals surface area contributed by atoms with Gasteiger partial charge in [-0.15, -0.1) is 11.3 Å². The van der Waals surface area contributed by atoms with Gasteiger partial charge >= 0.3 is 5.97 Å². The van der Waals surface area contributed by atoms with E-state index in [1.807, 2.05) is 11.4 Å². The number of rotatable bonds is 3. The van der Waals surface area contributed by atoms with Gasteiger partial charge in [-0.25, -0.2) is 4.79 Å². The third kappa shape index (κ3) is 2.58. The minimum Gasteiger partial charge on any atom is -0.475 e. The molecular formula is C15H15NO4S. The molecule has 1 aliphatic rings. The first-order chi connectivity index (χ1) is 10.1. The van der Waals surface area contributed by atoms with Crippen LogP contribution < -0.4 is 4.90 Å². The van der Waals surface area contributed by atoms with Crippen molar-refractivity contribution < 1.29 is 19.1 Å². The van der Waals surface area contributed by atoms with Crippen molar-refractivity contribution in [2.24, 2.45) is 0 Å². The van der Waals surface area contributed by atoms with Crippen molar-refractivity contribution >= 4 is 28.9 Å². The SMILES string of the molecule is Cc1oc(C(=O)O)cc1CN1C(=O)CCCc2sccc21. The molecule has 0 saturated carbocycles. The summed E-state index contributed by atoms with van der Waals surface area (Å²) in [6, 6.07) is 3.46. The zero-order chi connectivity index (χ0) is 15.0. The van der Waals surface area contributed by atoms with Crippen LogP contribution in [0.4, 0.5) is 5.69 Å². The van der Waals surface area contributed by atoms with E-state index in [-0.39, 0.29) is 11.7 Å². The molecule has 1 aliphatic heterocycles. The number of aryl methyl sites for hydroxylation is 2. The fraction of sp³-hybridized carbons (Fsp3) is 0.333. The first-order valence-electron chi connectivity index (χ1n) is 6.75. The molecule has 0 radical (unpaired) electrons. The molecule has 0 saturated heterocycles. The zero-order valence-corrected chi connectivity index (χ0v) is 12.4. The Morgan fingerprint density at radius 1 is 1.48 bits per heavy atom. The first-order valence-corrected chi connectivity index (χ1v) is 7.63. The van der Waals surface area contributed by atoms with E-state index in [0.29, 0.717) is 18.7 Å². The summed E-state index contributed by atoms with van der Waals surface area (Å²) in [6.45, 7) is 2.07. The van der Waals surface area contributed by atoms with Gasteiger partial charge in [-0.3, -0.25) is 4.79 Å². The second-order valence-corrected chi connectivity index (χ2v) is 6.06. The van der Waals surface area contributed by atoms with Crippen molar-refractivity contribution in [1.29, 1.82) is 0 Å². The van der Waals surface area contributed by atoms with Crippen LogP contribution in [0.15, 0.2) is 21.9 Å². The lowest BCUT2D eigenvalue weighted by Gasteiger charge is -2.20. The van der Waals surface area contributed by atoms with Crippen LogP contribution in [0.3, 0.4) is 0 Å². The molecule has 0 aromatic carbocycles. The summed E-state index contributed by atoms with van der Waals surface area (Å²) < 4.78 is 5.22. The maximum Gasteiger partial charge on any atom is 0.371 e. The normalized spacial score (nSPS) is 14.9. The fourth-order valence-electron chi connectivity index (χ4n) is 2.56. The van der Waals surface area contributed by atoms with Gasteiger partial charge in [0.1, 0.15) is 5.76 Å². The van der Waals surface area contributed by atoms with Crippen molar-refractivity contribution in [3.63, 3.8) is 0 Å². The van der Waals surface area contributed by atoms with Crippen LogP contribution in [0.25, 0.3) is 0 Å². The highest BCUT2D eigenvalue weighted by atomic mass is 32.1. The maximum absolute atomic E-state index is 12.3. The molecule has 0 unspecified atom stereocenters. The van der Waals surface area contributed by atoms with Crippen molar-refractivity contribution in [2.45, 2.75) is 32.7 Å². The number of amides is 1. The fourth-order valence-corrected chi connectivity index (χ4v) is 3.48. The Hall–Kier alpha value is -2.08. The van der Waals surface area contributed by atoms with Gasteiger partial charge in [0, 0.05) is 16.9 Å². The van der Waals surface area contributed by atoms with E-state index in [1.165, 1.54) is 10.9 Å². The number of carbonyl (C=O) groups excluding carboxylic acids is 1. The first kappa shape index (κ1) is 13.9. The smallest absolute Gasteiger partial charge is 0.371 e.